The zero-order chi connectivity index (χ0) is 18.5. The third-order valence-electron chi connectivity index (χ3n) is 6.58. The van der Waals surface area contributed by atoms with Crippen LogP contribution in [0.5, 0.6) is 5.75 Å². The third-order valence-corrected chi connectivity index (χ3v) is 6.58. The van der Waals surface area contributed by atoms with Crippen molar-refractivity contribution in [2.24, 2.45) is 5.92 Å². The summed E-state index contributed by atoms with van der Waals surface area (Å²) >= 11 is 0. The molecule has 1 saturated carbocycles. The van der Waals surface area contributed by atoms with Crippen molar-refractivity contribution in [3.8, 4) is 5.75 Å². The molecule has 2 saturated heterocycles. The van der Waals surface area contributed by atoms with Crippen LogP contribution in [0.3, 0.4) is 0 Å². The minimum absolute atomic E-state index is 0.143. The molecule has 4 rings (SSSR count). The second-order valence-corrected chi connectivity index (χ2v) is 8.62. The van der Waals surface area contributed by atoms with E-state index in [4.69, 9.17) is 4.74 Å². The molecular weight excluding hydrogens is 336 g/mol. The summed E-state index contributed by atoms with van der Waals surface area (Å²) in [7, 11) is 0. The number of carbonyl (C=O) groups excluding carboxylic acids is 1. The van der Waals surface area contributed by atoms with Crippen LogP contribution in [0.4, 0.5) is 0 Å². The van der Waals surface area contributed by atoms with Crippen molar-refractivity contribution < 1.29 is 9.53 Å². The van der Waals surface area contributed by atoms with Crippen LogP contribution in [0.25, 0.3) is 0 Å². The summed E-state index contributed by atoms with van der Waals surface area (Å²) in [6.07, 6.45) is 11.5. The Morgan fingerprint density at radius 2 is 1.59 bits per heavy atom. The predicted molar refractivity (Wildman–Crippen MR) is 108 cm³/mol. The summed E-state index contributed by atoms with van der Waals surface area (Å²) in [4.78, 5) is 17.6. The fourth-order valence-electron chi connectivity index (χ4n) is 4.96. The van der Waals surface area contributed by atoms with Gasteiger partial charge in [0.2, 0.25) is 0 Å². The van der Waals surface area contributed by atoms with E-state index in [1.54, 1.807) is 0 Å². The monoisotopic (exact) mass is 370 g/mol. The van der Waals surface area contributed by atoms with E-state index in [0.717, 1.165) is 69.1 Å². The number of hydrogen-bond donors (Lipinski definition) is 0. The summed E-state index contributed by atoms with van der Waals surface area (Å²) in [6.45, 7) is 5.29. The van der Waals surface area contributed by atoms with Crippen molar-refractivity contribution >= 4 is 5.91 Å². The minimum atomic E-state index is 0.143. The third kappa shape index (κ3) is 4.84. The summed E-state index contributed by atoms with van der Waals surface area (Å²) in [5, 5.41) is 0. The molecule has 0 bridgehead atoms. The van der Waals surface area contributed by atoms with Crippen molar-refractivity contribution in [3.63, 3.8) is 0 Å². The van der Waals surface area contributed by atoms with Crippen LogP contribution in [0.1, 0.15) is 68.1 Å². The molecule has 4 nitrogen and oxygen atoms in total. The summed E-state index contributed by atoms with van der Waals surface area (Å²) < 4.78 is 6.34. The second-order valence-electron chi connectivity index (χ2n) is 8.62. The molecule has 2 heterocycles. The van der Waals surface area contributed by atoms with Crippen LogP contribution in [0, 0.1) is 5.92 Å². The Labute approximate surface area is 163 Å². The first-order valence-corrected chi connectivity index (χ1v) is 11.1. The number of rotatable bonds is 5. The normalized spacial score (nSPS) is 22.9. The molecule has 1 aromatic carbocycles. The molecule has 4 heteroatoms. The smallest absolute Gasteiger partial charge is 0.257 e. The van der Waals surface area contributed by atoms with Crippen LogP contribution in [0.2, 0.25) is 0 Å². The van der Waals surface area contributed by atoms with Gasteiger partial charge in [-0.05, 0) is 63.0 Å². The van der Waals surface area contributed by atoms with Gasteiger partial charge < -0.3 is 14.5 Å². The molecule has 0 radical (unpaired) electrons. The highest BCUT2D eigenvalue weighted by Crippen LogP contribution is 2.28. The molecule has 0 spiro atoms. The van der Waals surface area contributed by atoms with Gasteiger partial charge in [0.05, 0.1) is 5.56 Å². The van der Waals surface area contributed by atoms with E-state index in [1.807, 2.05) is 29.2 Å². The van der Waals surface area contributed by atoms with Gasteiger partial charge in [-0.2, -0.15) is 0 Å². The summed E-state index contributed by atoms with van der Waals surface area (Å²) in [5.74, 6) is 1.84. The number of amides is 1. The lowest BCUT2D eigenvalue weighted by Crippen LogP contribution is -2.40. The van der Waals surface area contributed by atoms with Gasteiger partial charge in [-0.1, -0.05) is 25.0 Å². The molecular formula is C23H34N2O2. The number of hydrogen-bond acceptors (Lipinski definition) is 3. The Morgan fingerprint density at radius 3 is 2.33 bits per heavy atom. The van der Waals surface area contributed by atoms with E-state index in [9.17, 15) is 4.79 Å². The van der Waals surface area contributed by atoms with Gasteiger partial charge >= 0.3 is 0 Å². The second kappa shape index (κ2) is 9.09. The van der Waals surface area contributed by atoms with Gasteiger partial charge in [0.1, 0.15) is 11.9 Å². The van der Waals surface area contributed by atoms with E-state index in [1.165, 1.54) is 38.6 Å². The number of ether oxygens (including phenoxy) is 1. The van der Waals surface area contributed by atoms with Crippen LogP contribution >= 0.6 is 0 Å². The Balaban J connectivity index is 1.32. The summed E-state index contributed by atoms with van der Waals surface area (Å²) in [6, 6.07) is 7.84. The molecule has 3 fully saturated rings. The van der Waals surface area contributed by atoms with Gasteiger partial charge in [-0.25, -0.2) is 0 Å². The highest BCUT2D eigenvalue weighted by atomic mass is 16.5. The van der Waals surface area contributed by atoms with E-state index in [0.29, 0.717) is 0 Å². The average Bonchev–Trinajstić information content (AvgIpc) is 3.23. The van der Waals surface area contributed by atoms with Gasteiger partial charge in [-0.3, -0.25) is 4.79 Å². The van der Waals surface area contributed by atoms with Crippen LogP contribution in [-0.2, 0) is 0 Å². The highest BCUT2D eigenvalue weighted by Gasteiger charge is 2.26. The van der Waals surface area contributed by atoms with Crippen molar-refractivity contribution in [2.45, 2.75) is 63.9 Å². The van der Waals surface area contributed by atoms with Crippen LogP contribution < -0.4 is 4.74 Å². The Bertz CT molecular complexity index is 613. The van der Waals surface area contributed by atoms with Crippen molar-refractivity contribution in [1.82, 2.24) is 9.80 Å². The van der Waals surface area contributed by atoms with Gasteiger partial charge in [0, 0.05) is 32.7 Å². The molecule has 27 heavy (non-hydrogen) atoms. The first-order chi connectivity index (χ1) is 13.3. The zero-order valence-electron chi connectivity index (χ0n) is 16.6. The SMILES string of the molecule is O=C(c1ccccc1OC1CCN(CC2CCCC2)CC1)N1CCCCC1. The van der Waals surface area contributed by atoms with Crippen molar-refractivity contribution in [1.29, 1.82) is 0 Å². The maximum absolute atomic E-state index is 12.9. The molecule has 0 aromatic heterocycles. The van der Waals surface area contributed by atoms with E-state index in [-0.39, 0.29) is 12.0 Å². The minimum Gasteiger partial charge on any atom is -0.489 e. The molecule has 1 aliphatic carbocycles. The number of carbonyl (C=O) groups is 1. The Hall–Kier alpha value is -1.55. The quantitative estimate of drug-likeness (QED) is 0.773. The lowest BCUT2D eigenvalue weighted by molar-refractivity contribution is 0.0699. The molecule has 0 unspecified atom stereocenters. The van der Waals surface area contributed by atoms with E-state index in [2.05, 4.69) is 4.90 Å². The van der Waals surface area contributed by atoms with Crippen LogP contribution in [0.15, 0.2) is 24.3 Å². The molecule has 1 aromatic rings. The lowest BCUT2D eigenvalue weighted by Gasteiger charge is -2.34. The molecule has 3 aliphatic rings. The first kappa shape index (κ1) is 18.8. The molecule has 0 N–H and O–H groups in total. The highest BCUT2D eigenvalue weighted by molar-refractivity contribution is 5.97. The predicted octanol–water partition coefficient (Wildman–Crippen LogP) is 4.35. The Kier molecular flexibility index (Phi) is 6.33. The maximum atomic E-state index is 12.9. The fraction of sp³-hybridized carbons (Fsp3) is 0.696. The zero-order valence-corrected chi connectivity index (χ0v) is 16.6. The summed E-state index contributed by atoms with van der Waals surface area (Å²) in [5.41, 5.74) is 0.743. The van der Waals surface area contributed by atoms with Crippen LogP contribution in [-0.4, -0.2) is 54.5 Å². The van der Waals surface area contributed by atoms with Gasteiger partial charge in [0.25, 0.3) is 5.91 Å². The maximum Gasteiger partial charge on any atom is 0.257 e. The molecule has 148 valence electrons. The Morgan fingerprint density at radius 1 is 0.889 bits per heavy atom. The average molecular weight is 371 g/mol. The molecule has 2 aliphatic heterocycles. The first-order valence-electron chi connectivity index (χ1n) is 11.1. The fourth-order valence-corrected chi connectivity index (χ4v) is 4.96. The number of likely N-dealkylation sites (tertiary alicyclic amines) is 2. The van der Waals surface area contributed by atoms with E-state index < -0.39 is 0 Å². The number of piperidine rings is 2. The topological polar surface area (TPSA) is 32.8 Å². The van der Waals surface area contributed by atoms with Gasteiger partial charge in [-0.15, -0.1) is 0 Å². The number of nitrogens with zero attached hydrogens (tertiary/aromatic N) is 2. The van der Waals surface area contributed by atoms with Gasteiger partial charge in [0.15, 0.2) is 0 Å². The van der Waals surface area contributed by atoms with E-state index >= 15 is 0 Å². The van der Waals surface area contributed by atoms with Crippen molar-refractivity contribution in [3.05, 3.63) is 29.8 Å². The number of para-hydroxylation sites is 1. The standard InChI is InChI=1S/C23H34N2O2/c26-23(25-14-6-1-7-15-25)21-10-4-5-11-22(21)27-20-12-16-24(17-13-20)18-19-8-2-3-9-19/h4-5,10-11,19-20H,1-3,6-9,12-18H2. The largest absolute Gasteiger partial charge is 0.489 e. The molecule has 1 amide bonds. The van der Waals surface area contributed by atoms with Crippen molar-refractivity contribution in [2.75, 3.05) is 32.7 Å². The lowest BCUT2D eigenvalue weighted by atomic mass is 10.0. The molecule has 0 atom stereocenters. The number of benzene rings is 1.